The molecule has 1 atom stereocenters. The van der Waals surface area contributed by atoms with E-state index in [4.69, 9.17) is 5.73 Å². The third-order valence-corrected chi connectivity index (χ3v) is 4.03. The van der Waals surface area contributed by atoms with Crippen molar-refractivity contribution in [3.05, 3.63) is 22.4 Å². The van der Waals surface area contributed by atoms with Crippen LogP contribution in [0.5, 0.6) is 0 Å². The molecule has 0 radical (unpaired) electrons. The molecule has 0 saturated heterocycles. The maximum Gasteiger partial charge on any atom is 0.240 e. The fraction of sp³-hybridized carbons (Fsp3) is 0.583. The fourth-order valence-corrected chi connectivity index (χ4v) is 2.89. The Labute approximate surface area is 117 Å². The second kappa shape index (κ2) is 6.52. The van der Waals surface area contributed by atoms with Gasteiger partial charge in [0.1, 0.15) is 0 Å². The van der Waals surface area contributed by atoms with Crippen molar-refractivity contribution in [3.8, 4) is 0 Å². The zero-order valence-corrected chi connectivity index (χ0v) is 11.7. The molecule has 4 nitrogen and oxygen atoms in total. The van der Waals surface area contributed by atoms with Gasteiger partial charge >= 0.3 is 0 Å². The van der Waals surface area contributed by atoms with Crippen LogP contribution in [0.3, 0.4) is 0 Å². The molecular weight excluding hydrogens is 272 g/mol. The minimum Gasteiger partial charge on any atom is -0.387 e. The maximum absolute atomic E-state index is 11.9. The number of thiophene rings is 1. The van der Waals surface area contributed by atoms with Crippen molar-refractivity contribution < 1.29 is 9.90 Å². The number of amides is 1. The van der Waals surface area contributed by atoms with E-state index in [2.05, 4.69) is 5.32 Å². The maximum atomic E-state index is 11.9. The van der Waals surface area contributed by atoms with Gasteiger partial charge in [-0.2, -0.15) is 11.3 Å². The average Bonchev–Trinajstić information content (AvgIpc) is 2.96. The lowest BCUT2D eigenvalue weighted by Crippen LogP contribution is -2.52. The van der Waals surface area contributed by atoms with Crippen LogP contribution >= 0.6 is 23.7 Å². The van der Waals surface area contributed by atoms with Crippen LogP contribution in [0.2, 0.25) is 0 Å². The normalized spacial score (nSPS) is 19.0. The number of carbonyl (C=O) groups is 1. The Bertz CT molecular complexity index is 377. The van der Waals surface area contributed by atoms with Gasteiger partial charge in [0, 0.05) is 6.54 Å². The van der Waals surface area contributed by atoms with E-state index in [9.17, 15) is 9.90 Å². The van der Waals surface area contributed by atoms with E-state index in [1.807, 2.05) is 16.8 Å². The van der Waals surface area contributed by atoms with Crippen LogP contribution < -0.4 is 11.1 Å². The summed E-state index contributed by atoms with van der Waals surface area (Å²) in [7, 11) is 0. The van der Waals surface area contributed by atoms with E-state index in [1.54, 1.807) is 0 Å². The lowest BCUT2D eigenvalue weighted by atomic mass is 9.98. The molecule has 1 amide bonds. The number of halogens is 1. The third-order valence-electron chi connectivity index (χ3n) is 3.33. The van der Waals surface area contributed by atoms with Gasteiger partial charge in [0.05, 0.1) is 11.6 Å². The van der Waals surface area contributed by atoms with Crippen LogP contribution in [-0.2, 0) is 4.79 Å². The van der Waals surface area contributed by atoms with E-state index in [0.29, 0.717) is 0 Å². The number of rotatable bonds is 4. The number of hydrogen-bond acceptors (Lipinski definition) is 4. The highest BCUT2D eigenvalue weighted by Gasteiger charge is 2.36. The first-order valence-corrected chi connectivity index (χ1v) is 6.83. The van der Waals surface area contributed by atoms with Crippen LogP contribution in [0.1, 0.15) is 37.4 Å². The predicted molar refractivity (Wildman–Crippen MR) is 74.9 cm³/mol. The number of nitrogens with one attached hydrogen (secondary N) is 1. The molecule has 1 aliphatic carbocycles. The minimum absolute atomic E-state index is 0. The summed E-state index contributed by atoms with van der Waals surface area (Å²) in [6.45, 7) is 0.231. The molecule has 2 rings (SSSR count). The standard InChI is InChI=1S/C12H18N2O2S.ClH/c13-12(4-1-2-5-12)11(16)14-7-10(15)9-3-6-17-8-9;/h3,6,8,10,15H,1-2,4-5,7,13H2,(H,14,16);1H. The minimum atomic E-state index is -0.714. The number of aliphatic hydroxyl groups excluding tert-OH is 1. The first-order chi connectivity index (χ1) is 8.12. The van der Waals surface area contributed by atoms with Crippen molar-refractivity contribution in [1.82, 2.24) is 5.32 Å². The molecule has 4 N–H and O–H groups in total. The molecule has 18 heavy (non-hydrogen) atoms. The van der Waals surface area contributed by atoms with Gasteiger partial charge in [-0.3, -0.25) is 4.79 Å². The molecule has 1 aromatic rings. The van der Waals surface area contributed by atoms with Crippen LogP contribution in [0.15, 0.2) is 16.8 Å². The first-order valence-electron chi connectivity index (χ1n) is 5.89. The molecule has 0 aromatic carbocycles. The number of nitrogens with two attached hydrogens (primary N) is 1. The summed E-state index contributed by atoms with van der Waals surface area (Å²) in [6, 6.07) is 1.86. The van der Waals surface area contributed by atoms with Gasteiger partial charge in [0.15, 0.2) is 0 Å². The Kier molecular flexibility index (Phi) is 5.59. The second-order valence-electron chi connectivity index (χ2n) is 4.65. The zero-order valence-electron chi connectivity index (χ0n) is 10.1. The van der Waals surface area contributed by atoms with Gasteiger partial charge in [0.2, 0.25) is 5.91 Å². The van der Waals surface area contributed by atoms with Gasteiger partial charge < -0.3 is 16.2 Å². The Morgan fingerprint density at radius 2 is 2.22 bits per heavy atom. The summed E-state index contributed by atoms with van der Waals surface area (Å²) < 4.78 is 0. The van der Waals surface area contributed by atoms with Gasteiger partial charge in [0.25, 0.3) is 0 Å². The summed E-state index contributed by atoms with van der Waals surface area (Å²) in [6.07, 6.45) is 2.87. The topological polar surface area (TPSA) is 75.4 Å². The molecule has 1 aromatic heterocycles. The highest BCUT2D eigenvalue weighted by molar-refractivity contribution is 7.07. The summed E-state index contributed by atoms with van der Waals surface area (Å²) in [5.74, 6) is -0.135. The average molecular weight is 291 g/mol. The highest BCUT2D eigenvalue weighted by atomic mass is 35.5. The molecule has 0 spiro atoms. The number of carbonyl (C=O) groups excluding carboxylic acids is 1. The largest absolute Gasteiger partial charge is 0.387 e. The Morgan fingerprint density at radius 1 is 1.56 bits per heavy atom. The van der Waals surface area contributed by atoms with Crippen molar-refractivity contribution in [2.45, 2.75) is 37.3 Å². The molecule has 102 valence electrons. The van der Waals surface area contributed by atoms with Crippen LogP contribution in [-0.4, -0.2) is 23.1 Å². The SMILES string of the molecule is Cl.NC1(C(=O)NCC(O)c2ccsc2)CCCC1. The molecule has 1 heterocycles. The molecule has 1 aliphatic rings. The van der Waals surface area contributed by atoms with Crippen LogP contribution in [0, 0.1) is 0 Å². The highest BCUT2D eigenvalue weighted by Crippen LogP contribution is 2.27. The van der Waals surface area contributed by atoms with Crippen molar-refractivity contribution in [1.29, 1.82) is 0 Å². The first kappa shape index (κ1) is 15.4. The molecule has 0 bridgehead atoms. The smallest absolute Gasteiger partial charge is 0.240 e. The quantitative estimate of drug-likeness (QED) is 0.788. The number of hydrogen-bond donors (Lipinski definition) is 3. The molecular formula is C12H19ClN2O2S. The van der Waals surface area contributed by atoms with E-state index in [-0.39, 0.29) is 24.9 Å². The number of aliphatic hydroxyl groups is 1. The zero-order chi connectivity index (χ0) is 12.3. The second-order valence-corrected chi connectivity index (χ2v) is 5.43. The summed E-state index contributed by atoms with van der Waals surface area (Å²) in [5, 5.41) is 16.4. The van der Waals surface area contributed by atoms with E-state index in [0.717, 1.165) is 31.2 Å². The summed E-state index contributed by atoms with van der Waals surface area (Å²) >= 11 is 1.53. The monoisotopic (exact) mass is 290 g/mol. The Balaban J connectivity index is 0.00000162. The summed E-state index contributed by atoms with van der Waals surface area (Å²) in [4.78, 5) is 11.9. The molecule has 1 unspecified atom stereocenters. The molecule has 1 fully saturated rings. The van der Waals surface area contributed by atoms with Gasteiger partial charge in [-0.25, -0.2) is 0 Å². The van der Waals surface area contributed by atoms with E-state index in [1.165, 1.54) is 11.3 Å². The van der Waals surface area contributed by atoms with Gasteiger partial charge in [-0.05, 0) is 35.2 Å². The molecule has 0 aliphatic heterocycles. The van der Waals surface area contributed by atoms with Crippen molar-refractivity contribution >= 4 is 29.7 Å². The van der Waals surface area contributed by atoms with Crippen molar-refractivity contribution in [3.63, 3.8) is 0 Å². The van der Waals surface area contributed by atoms with Crippen molar-refractivity contribution in [2.24, 2.45) is 5.73 Å². The molecule has 1 saturated carbocycles. The Morgan fingerprint density at radius 3 is 2.78 bits per heavy atom. The fourth-order valence-electron chi connectivity index (χ4n) is 2.18. The van der Waals surface area contributed by atoms with Crippen LogP contribution in [0.25, 0.3) is 0 Å². The lowest BCUT2D eigenvalue weighted by molar-refractivity contribution is -0.126. The van der Waals surface area contributed by atoms with E-state index >= 15 is 0 Å². The summed E-state index contributed by atoms with van der Waals surface area (Å²) in [5.41, 5.74) is 6.14. The van der Waals surface area contributed by atoms with E-state index < -0.39 is 11.6 Å². The Hall–Kier alpha value is -0.620. The molecule has 6 heteroatoms. The lowest BCUT2D eigenvalue weighted by Gasteiger charge is -2.23. The predicted octanol–water partition coefficient (Wildman–Crippen LogP) is 1.59. The van der Waals surface area contributed by atoms with Crippen molar-refractivity contribution in [2.75, 3.05) is 6.54 Å². The van der Waals surface area contributed by atoms with Gasteiger partial charge in [-0.1, -0.05) is 12.8 Å². The van der Waals surface area contributed by atoms with Crippen LogP contribution in [0.4, 0.5) is 0 Å². The third kappa shape index (κ3) is 3.45. The van der Waals surface area contributed by atoms with Gasteiger partial charge in [-0.15, -0.1) is 12.4 Å².